The van der Waals surface area contributed by atoms with E-state index in [4.69, 9.17) is 85.0 Å². The average Bonchev–Trinajstić information content (AvgIpc) is 0.701. The van der Waals surface area contributed by atoms with Gasteiger partial charge in [-0.25, -0.2) is 0 Å². The summed E-state index contributed by atoms with van der Waals surface area (Å²) in [4.78, 5) is 0. The van der Waals surface area contributed by atoms with E-state index < -0.39 is 180 Å². The molecule has 0 aliphatic rings. The zero-order valence-electron chi connectivity index (χ0n) is 109. The molecule has 0 aromatic rings. The second kappa shape index (κ2) is 59.1. The highest BCUT2D eigenvalue weighted by Gasteiger charge is 2.10. The zero-order chi connectivity index (χ0) is 109. The lowest BCUT2D eigenvalue weighted by Crippen LogP contribution is -2.05. The summed E-state index contributed by atoms with van der Waals surface area (Å²) < 4.78 is 442. The molecule has 0 aromatic carbocycles. The fraction of sp³-hybridized carbons (Fsp3) is 1.00. The van der Waals surface area contributed by atoms with E-state index in [0.717, 1.165) is 40.5 Å². The molecule has 0 rings (SSSR count). The first-order valence-corrected chi connectivity index (χ1v) is 21.0. The average molecular weight is 984 g/mol. The summed E-state index contributed by atoms with van der Waals surface area (Å²) in [6.07, 6.45) is -15.2. The van der Waals surface area contributed by atoms with E-state index in [1.54, 1.807) is 13.8 Å². The Morgan fingerprint density at radius 3 is 0.703 bits per heavy atom. The van der Waals surface area contributed by atoms with Gasteiger partial charge in [-0.1, -0.05) is 354 Å². The van der Waals surface area contributed by atoms with Crippen LogP contribution in [0.1, 0.15) is 439 Å². The molecule has 0 aliphatic heterocycles. The molecule has 0 heterocycles. The molecule has 0 heteroatoms. The summed E-state index contributed by atoms with van der Waals surface area (Å²) in [5.41, 5.74) is -13.2. The van der Waals surface area contributed by atoms with Crippen LogP contribution in [-0.2, 0) is 0 Å². The molecule has 0 N–H and O–H groups in total. The largest absolute Gasteiger partial charge is 0.0656 e. The van der Waals surface area contributed by atoms with Crippen molar-refractivity contribution in [2.24, 2.45) is 67.9 Å². The van der Waals surface area contributed by atoms with Crippen molar-refractivity contribution in [2.45, 2.75) is 354 Å². The summed E-state index contributed by atoms with van der Waals surface area (Å²) in [6.45, 7) is 0.532. The van der Waals surface area contributed by atoms with E-state index in [1.807, 2.05) is 76.2 Å². The van der Waals surface area contributed by atoms with Crippen LogP contribution in [0.3, 0.4) is 0 Å². The zero-order valence-corrected chi connectivity index (χ0v) is 46.6. The normalized spacial score (nSPS) is 30.4. The van der Waals surface area contributed by atoms with E-state index >= 15 is 0 Å². The van der Waals surface area contributed by atoms with Crippen molar-refractivity contribution in [3.63, 3.8) is 0 Å². The third-order valence-electron chi connectivity index (χ3n) is 5.69. The van der Waals surface area contributed by atoms with Crippen LogP contribution in [0.4, 0.5) is 0 Å². The first-order chi connectivity index (χ1) is 52.0. The van der Waals surface area contributed by atoms with Crippen molar-refractivity contribution in [2.75, 3.05) is 0 Å². The van der Waals surface area contributed by atoms with Crippen molar-refractivity contribution < 1.29 is 85.0 Å². The minimum absolute atomic E-state index is 0.132. The van der Waals surface area contributed by atoms with Crippen LogP contribution in [0.2, 0.25) is 0 Å². The molecule has 0 radical (unpaired) electrons. The standard InChI is InChI=1S/C7H16.6C6H14.2C5H12.2C4H10.C3H8/c1-5-7(3,4)6-2;4*1-5-6(2,3)4;1-5(2)6(3)4;1-4-6(3)5-2;1-5(2,3)4;1-4-5(2)3;2*1-4(2)3;1-3-2/h5-6H2,1-4H3;4*5H2,1-4H3;5-6H,1-4H3;6H,4-5H2,1-3H3;1-4H3;5H,4H2,1-3H3;2*4H,1-3H3;3H2,1-2H3/i1D3,2D3,3D3,5D2,6D2;2D3,3D3,4D3,5D2;2D3,3D3,5D2;2D3,5D2;5D2;5D;6D;1D3,2D3,3D3;4D2;1D3,2D3,4D;4D;3D2. The summed E-state index contributed by atoms with van der Waals surface area (Å²) >= 11 is 0. The molecule has 0 nitrogen and oxygen atoms in total. The van der Waals surface area contributed by atoms with E-state index in [9.17, 15) is 0 Å². The Morgan fingerprint density at radius 1 is 0.406 bits per heavy atom. The highest BCUT2D eigenvalue weighted by Crippen LogP contribution is 2.23. The van der Waals surface area contributed by atoms with E-state index in [1.165, 1.54) is 34.6 Å². The third kappa shape index (κ3) is 294. The maximum absolute atomic E-state index is 7.58. The Kier molecular flexibility index (Phi) is 18.1. The molecule has 0 aliphatic carbocycles. The molecule has 64 heavy (non-hydrogen) atoms. The molecule has 0 fully saturated rings. The van der Waals surface area contributed by atoms with Gasteiger partial charge in [0.05, 0.1) is 0 Å². The lowest BCUT2D eigenvalue weighted by molar-refractivity contribution is 0.338. The van der Waals surface area contributed by atoms with Gasteiger partial charge in [-0.15, -0.1) is 0 Å². The summed E-state index contributed by atoms with van der Waals surface area (Å²) in [5.74, 6) is -2.44. The second-order valence-electron chi connectivity index (χ2n) is 17.2. The van der Waals surface area contributed by atoms with Gasteiger partial charge in [-0.3, -0.25) is 0 Å². The maximum atomic E-state index is 7.58. The van der Waals surface area contributed by atoms with Crippen molar-refractivity contribution in [3.8, 4) is 0 Å². The van der Waals surface area contributed by atoms with Crippen LogP contribution in [0.15, 0.2) is 0 Å². The van der Waals surface area contributed by atoms with E-state index in [-0.39, 0.29) is 29.0 Å². The van der Waals surface area contributed by atoms with Gasteiger partial charge in [0.25, 0.3) is 0 Å². The predicted octanol–water partition coefficient (Wildman–Crippen LogP) is 26.2. The molecule has 408 valence electrons. The quantitative estimate of drug-likeness (QED) is 0.249. The molecular formula is C64H152. The van der Waals surface area contributed by atoms with Crippen molar-refractivity contribution in [1.82, 2.24) is 0 Å². The summed E-state index contributed by atoms with van der Waals surface area (Å²) in [7, 11) is 0. The van der Waals surface area contributed by atoms with Gasteiger partial charge in [0.2, 0.25) is 0 Å². The first kappa shape index (κ1) is 19.5. The maximum Gasteiger partial charge on any atom is 0.0300 e. The molecule has 0 unspecified atom stereocenters. The predicted molar refractivity (Wildman–Crippen MR) is 320 cm³/mol. The molecular weight excluding hydrogens is 769 g/mol. The minimum Gasteiger partial charge on any atom is -0.0656 e. The molecule has 0 aromatic heterocycles. The van der Waals surface area contributed by atoms with Crippen LogP contribution in [0.25, 0.3) is 0 Å². The highest BCUT2D eigenvalue weighted by molar-refractivity contribution is 4.62. The van der Waals surface area contributed by atoms with Crippen LogP contribution in [0.5, 0.6) is 0 Å². The molecule has 0 spiro atoms. The fourth-order valence-corrected chi connectivity index (χ4v) is 0.281. The van der Waals surface area contributed by atoms with Gasteiger partial charge in [-0.05, 0) is 67.9 Å². The minimum atomic E-state index is -3.58. The van der Waals surface area contributed by atoms with Gasteiger partial charge in [0.1, 0.15) is 0 Å². The molecule has 0 saturated carbocycles. The van der Waals surface area contributed by atoms with Gasteiger partial charge >= 0.3 is 0 Å². The highest BCUT2D eigenvalue weighted by atomic mass is 14.2. The molecule has 0 saturated heterocycles. The van der Waals surface area contributed by atoms with Crippen molar-refractivity contribution in [1.29, 1.82) is 0 Å². The van der Waals surface area contributed by atoms with Gasteiger partial charge in [0.15, 0.2) is 0 Å². The van der Waals surface area contributed by atoms with Gasteiger partial charge in [0, 0.05) is 85.0 Å². The Bertz CT molecular complexity index is 2590. The van der Waals surface area contributed by atoms with Crippen molar-refractivity contribution in [3.05, 3.63) is 0 Å². The lowest BCUT2D eigenvalue weighted by Gasteiger charge is -2.18. The summed E-state index contributed by atoms with van der Waals surface area (Å²) in [5, 5.41) is 0. The van der Waals surface area contributed by atoms with Crippen molar-refractivity contribution >= 4 is 0 Å². The first-order valence-electron chi connectivity index (χ1n) is 52.0. The summed E-state index contributed by atoms with van der Waals surface area (Å²) in [6, 6.07) is 0. The Labute approximate surface area is 508 Å². The van der Waals surface area contributed by atoms with E-state index in [2.05, 4.69) is 27.7 Å². The van der Waals surface area contributed by atoms with E-state index in [0.29, 0.717) is 19.8 Å². The molecule has 0 bridgehead atoms. The van der Waals surface area contributed by atoms with Crippen LogP contribution in [0, 0.1) is 67.9 Å². The number of hydrogen-bond donors (Lipinski definition) is 0. The SMILES string of the molecule is [2H]C(C)(C)C.[2H]C(C)(C)C(C)C.[2H]C(C)(CC)CC.[2H]C([2H])(C)C.[2H]C([2H])(C)C(C)(C)C.[2H]C([2H])(C)C(C)C.[2H]C([2H])([2H])C(C([2H])([2H])[2H])(C([2H])([2H])[2H])C([2H])([2H])C.[2H]C([2H])([2H])C(C)(C([2H])([2H])[2H])C([2H])([2H])C.[2H]C([2H])([2H])C(C)(C([2H])([2H])[2H])C([2H])([2H])[2H].[2H]C([2H])([2H])C(C)(C)C([2H])([2H])C.[2H]C([2H])([2H])C([2H])(C)C([2H])([2H])[2H].[2H]C([2H])([2H])C([2H])([2H])C(C)(C([2H])([2H])[2H])C([2H])([2H])C([2H])([2H])[2H]. The second-order valence-corrected chi connectivity index (χ2v) is 17.2. The third-order valence-corrected chi connectivity index (χ3v) is 5.69. The smallest absolute Gasteiger partial charge is 0.0300 e. The van der Waals surface area contributed by atoms with Crippen LogP contribution < -0.4 is 0 Å². The Balaban J connectivity index is -0.000000115. The topological polar surface area (TPSA) is 0 Å². The van der Waals surface area contributed by atoms with Crippen LogP contribution >= 0.6 is 0 Å². The molecule has 0 atom stereocenters. The Morgan fingerprint density at radius 2 is 0.672 bits per heavy atom. The fourth-order valence-electron chi connectivity index (χ4n) is 0.281. The van der Waals surface area contributed by atoms with Crippen LogP contribution in [-0.4, -0.2) is 0 Å². The van der Waals surface area contributed by atoms with Gasteiger partial charge < -0.3 is 0 Å². The van der Waals surface area contributed by atoms with Gasteiger partial charge in [-0.2, -0.15) is 0 Å². The Hall–Kier alpha value is 0. The monoisotopic (exact) mass is 984 g/mol. The lowest BCUT2D eigenvalue weighted by atomic mass is 9.88. The number of hydrogen-bond acceptors (Lipinski definition) is 0. The molecule has 0 amide bonds. The number of rotatable bonds is 6.